The van der Waals surface area contributed by atoms with Crippen molar-refractivity contribution in [1.82, 2.24) is 15.1 Å². The highest BCUT2D eigenvalue weighted by atomic mass is 16.5. The van der Waals surface area contributed by atoms with E-state index in [0.717, 1.165) is 5.75 Å². The SMILES string of the molecule is O=C(c1n[nH]c(=O)c2ccccc12)N1CCO[C@@H](COc2ccccc2)C1. The van der Waals surface area contributed by atoms with Gasteiger partial charge in [-0.25, -0.2) is 5.10 Å². The number of fused-ring (bicyclic) bond motifs is 1. The van der Waals surface area contributed by atoms with Crippen LogP contribution in [0.15, 0.2) is 59.4 Å². The molecule has 138 valence electrons. The lowest BCUT2D eigenvalue weighted by molar-refractivity contribution is -0.0402. The van der Waals surface area contributed by atoms with Gasteiger partial charge >= 0.3 is 0 Å². The Hall–Kier alpha value is -3.19. The van der Waals surface area contributed by atoms with Crippen molar-refractivity contribution in [3.05, 3.63) is 70.6 Å². The highest BCUT2D eigenvalue weighted by molar-refractivity contribution is 6.04. The second-order valence-electron chi connectivity index (χ2n) is 6.31. The third kappa shape index (κ3) is 3.68. The van der Waals surface area contributed by atoms with Gasteiger partial charge in [0.05, 0.1) is 18.5 Å². The van der Waals surface area contributed by atoms with Crippen LogP contribution >= 0.6 is 0 Å². The molecule has 7 heteroatoms. The molecule has 0 radical (unpaired) electrons. The van der Waals surface area contributed by atoms with Gasteiger partial charge in [-0.1, -0.05) is 36.4 Å². The van der Waals surface area contributed by atoms with Gasteiger partial charge in [0.25, 0.3) is 11.5 Å². The van der Waals surface area contributed by atoms with E-state index in [9.17, 15) is 9.59 Å². The molecule has 27 heavy (non-hydrogen) atoms. The molecular weight excluding hydrogens is 346 g/mol. The average Bonchev–Trinajstić information content (AvgIpc) is 2.73. The topological polar surface area (TPSA) is 84.5 Å². The summed E-state index contributed by atoms with van der Waals surface area (Å²) in [6, 6.07) is 16.5. The number of aromatic nitrogens is 2. The number of amides is 1. The maximum atomic E-state index is 13.0. The van der Waals surface area contributed by atoms with E-state index in [4.69, 9.17) is 9.47 Å². The lowest BCUT2D eigenvalue weighted by Crippen LogP contribution is -2.48. The Labute approximate surface area is 155 Å². The van der Waals surface area contributed by atoms with Gasteiger partial charge in [0.1, 0.15) is 18.5 Å². The van der Waals surface area contributed by atoms with Crippen molar-refractivity contribution in [2.75, 3.05) is 26.3 Å². The smallest absolute Gasteiger partial charge is 0.275 e. The summed E-state index contributed by atoms with van der Waals surface area (Å²) < 4.78 is 11.5. The van der Waals surface area contributed by atoms with Crippen molar-refractivity contribution >= 4 is 16.7 Å². The van der Waals surface area contributed by atoms with Gasteiger partial charge in [-0.05, 0) is 18.2 Å². The van der Waals surface area contributed by atoms with Gasteiger partial charge in [0.15, 0.2) is 5.69 Å². The van der Waals surface area contributed by atoms with Crippen LogP contribution in [0.1, 0.15) is 10.5 Å². The fourth-order valence-corrected chi connectivity index (χ4v) is 3.14. The lowest BCUT2D eigenvalue weighted by Gasteiger charge is -2.32. The minimum absolute atomic E-state index is 0.225. The number of morpholine rings is 1. The number of nitrogens with zero attached hydrogens (tertiary/aromatic N) is 2. The van der Waals surface area contributed by atoms with Crippen molar-refractivity contribution in [2.45, 2.75) is 6.10 Å². The number of H-pyrrole nitrogens is 1. The maximum absolute atomic E-state index is 13.0. The molecule has 1 aliphatic rings. The Morgan fingerprint density at radius 2 is 1.89 bits per heavy atom. The van der Waals surface area contributed by atoms with Crippen molar-refractivity contribution in [3.8, 4) is 5.75 Å². The van der Waals surface area contributed by atoms with Crippen LogP contribution in [0.25, 0.3) is 10.8 Å². The Kier molecular flexibility index (Phi) is 4.84. The van der Waals surface area contributed by atoms with Gasteiger partial charge in [0, 0.05) is 11.9 Å². The summed E-state index contributed by atoms with van der Waals surface area (Å²) in [6.45, 7) is 1.65. The molecule has 0 bridgehead atoms. The number of carbonyl (C=O) groups is 1. The van der Waals surface area contributed by atoms with Gasteiger partial charge in [0.2, 0.25) is 0 Å². The summed E-state index contributed by atoms with van der Waals surface area (Å²) in [7, 11) is 0. The zero-order valence-electron chi connectivity index (χ0n) is 14.6. The fraction of sp³-hybridized carbons (Fsp3) is 0.250. The van der Waals surface area contributed by atoms with Gasteiger partial charge in [-0.3, -0.25) is 9.59 Å². The summed E-state index contributed by atoms with van der Waals surface area (Å²) >= 11 is 0. The third-order valence-corrected chi connectivity index (χ3v) is 4.50. The first-order valence-corrected chi connectivity index (χ1v) is 8.78. The molecule has 0 aliphatic carbocycles. The predicted molar refractivity (Wildman–Crippen MR) is 99.9 cm³/mol. The van der Waals surface area contributed by atoms with E-state index < -0.39 is 0 Å². The van der Waals surface area contributed by atoms with E-state index in [1.807, 2.05) is 30.3 Å². The number of carbonyl (C=O) groups excluding carboxylic acids is 1. The molecule has 2 aromatic carbocycles. The summed E-state index contributed by atoms with van der Waals surface area (Å²) in [5, 5.41) is 7.41. The molecule has 3 aromatic rings. The largest absolute Gasteiger partial charge is 0.491 e. The molecule has 1 saturated heterocycles. The Morgan fingerprint density at radius 1 is 1.15 bits per heavy atom. The molecular formula is C20H19N3O4. The quantitative estimate of drug-likeness (QED) is 0.763. The number of hydrogen-bond acceptors (Lipinski definition) is 5. The molecule has 1 aromatic heterocycles. The summed E-state index contributed by atoms with van der Waals surface area (Å²) in [4.78, 5) is 26.6. The number of aromatic amines is 1. The number of hydrogen-bond donors (Lipinski definition) is 1. The zero-order chi connectivity index (χ0) is 18.6. The summed E-state index contributed by atoms with van der Waals surface area (Å²) in [5.74, 6) is 0.535. The zero-order valence-corrected chi connectivity index (χ0v) is 14.6. The Balaban J connectivity index is 1.49. The molecule has 1 aliphatic heterocycles. The lowest BCUT2D eigenvalue weighted by atomic mass is 10.1. The van der Waals surface area contributed by atoms with Crippen LogP contribution in [-0.4, -0.2) is 53.4 Å². The molecule has 4 rings (SSSR count). The van der Waals surface area contributed by atoms with Gasteiger partial charge < -0.3 is 14.4 Å². The average molecular weight is 365 g/mol. The van der Waals surface area contributed by atoms with Crippen molar-refractivity contribution in [2.24, 2.45) is 0 Å². The van der Waals surface area contributed by atoms with Crippen molar-refractivity contribution in [3.63, 3.8) is 0 Å². The highest BCUT2D eigenvalue weighted by Crippen LogP contribution is 2.17. The summed E-state index contributed by atoms with van der Waals surface area (Å²) in [6.07, 6.45) is -0.225. The van der Waals surface area contributed by atoms with E-state index in [1.54, 1.807) is 29.2 Å². The molecule has 0 saturated carbocycles. The third-order valence-electron chi connectivity index (χ3n) is 4.50. The molecule has 0 spiro atoms. The van der Waals surface area contributed by atoms with E-state index in [0.29, 0.717) is 37.1 Å². The minimum Gasteiger partial charge on any atom is -0.491 e. The number of nitrogens with one attached hydrogen (secondary N) is 1. The number of para-hydroxylation sites is 1. The highest BCUT2D eigenvalue weighted by Gasteiger charge is 2.27. The first-order chi connectivity index (χ1) is 13.2. The summed E-state index contributed by atoms with van der Waals surface area (Å²) in [5.41, 5.74) is -0.0620. The normalized spacial score (nSPS) is 17.0. The standard InChI is InChI=1S/C20H19N3O4/c24-19-17-9-5-4-8-16(17)18(21-22-19)20(25)23-10-11-26-15(12-23)13-27-14-6-2-1-3-7-14/h1-9,15H,10-13H2,(H,22,24)/t15-/m1/s1. The molecule has 0 unspecified atom stereocenters. The first-order valence-electron chi connectivity index (χ1n) is 8.78. The van der Waals surface area contributed by atoms with Crippen LogP contribution in [0.4, 0.5) is 0 Å². The molecule has 7 nitrogen and oxygen atoms in total. The van der Waals surface area contributed by atoms with Crippen LogP contribution in [0, 0.1) is 0 Å². The molecule has 1 N–H and O–H groups in total. The molecule has 2 heterocycles. The van der Waals surface area contributed by atoms with Crippen LogP contribution < -0.4 is 10.3 Å². The fourth-order valence-electron chi connectivity index (χ4n) is 3.14. The van der Waals surface area contributed by atoms with Crippen molar-refractivity contribution < 1.29 is 14.3 Å². The Morgan fingerprint density at radius 3 is 2.70 bits per heavy atom. The van der Waals surface area contributed by atoms with Crippen LogP contribution in [0.5, 0.6) is 5.75 Å². The molecule has 1 amide bonds. The van der Waals surface area contributed by atoms with Crippen LogP contribution in [0.2, 0.25) is 0 Å². The molecule has 1 fully saturated rings. The number of rotatable bonds is 4. The maximum Gasteiger partial charge on any atom is 0.275 e. The van der Waals surface area contributed by atoms with Gasteiger partial charge in [-0.15, -0.1) is 0 Å². The number of benzene rings is 2. The monoisotopic (exact) mass is 365 g/mol. The van der Waals surface area contributed by atoms with E-state index in [-0.39, 0.29) is 23.3 Å². The Bertz CT molecular complexity index is 1000. The van der Waals surface area contributed by atoms with E-state index in [2.05, 4.69) is 10.2 Å². The minimum atomic E-state index is -0.307. The van der Waals surface area contributed by atoms with E-state index >= 15 is 0 Å². The number of ether oxygens (including phenoxy) is 2. The van der Waals surface area contributed by atoms with E-state index in [1.165, 1.54) is 0 Å². The van der Waals surface area contributed by atoms with Gasteiger partial charge in [-0.2, -0.15) is 5.10 Å². The van der Waals surface area contributed by atoms with Crippen LogP contribution in [-0.2, 0) is 4.74 Å². The first kappa shape index (κ1) is 17.2. The molecule has 1 atom stereocenters. The second-order valence-corrected chi connectivity index (χ2v) is 6.31. The second kappa shape index (κ2) is 7.59. The predicted octanol–water partition coefficient (Wildman–Crippen LogP) is 1.84. The van der Waals surface area contributed by atoms with Crippen molar-refractivity contribution in [1.29, 1.82) is 0 Å². The van der Waals surface area contributed by atoms with Crippen LogP contribution in [0.3, 0.4) is 0 Å².